The Morgan fingerprint density at radius 2 is 2.21 bits per heavy atom. The molecule has 1 aliphatic carbocycles. The molecule has 0 saturated heterocycles. The van der Waals surface area contributed by atoms with Crippen LogP contribution in [0, 0.1) is 16.0 Å². The quantitative estimate of drug-likeness (QED) is 0.631. The zero-order valence-corrected chi connectivity index (χ0v) is 10.4. The standard InChI is InChI=1S/C13H15NO5/c15-13(16)11-5-4-10(14(17)18)8-12(11)19-7-6-9-2-1-3-9/h4-5,8-9H,1-3,6-7H2,(H,15,16). The maximum atomic E-state index is 11.0. The number of ether oxygens (including phenoxy) is 1. The van der Waals surface area contributed by atoms with Gasteiger partial charge in [0.15, 0.2) is 0 Å². The van der Waals surface area contributed by atoms with Gasteiger partial charge in [0.1, 0.15) is 11.3 Å². The third-order valence-electron chi connectivity index (χ3n) is 3.41. The van der Waals surface area contributed by atoms with Crippen LogP contribution >= 0.6 is 0 Å². The van der Waals surface area contributed by atoms with Crippen molar-refractivity contribution in [2.75, 3.05) is 6.61 Å². The summed E-state index contributed by atoms with van der Waals surface area (Å²) in [7, 11) is 0. The highest BCUT2D eigenvalue weighted by Gasteiger charge is 2.19. The highest BCUT2D eigenvalue weighted by atomic mass is 16.6. The molecule has 0 amide bonds. The molecule has 1 aromatic carbocycles. The van der Waals surface area contributed by atoms with E-state index in [-0.39, 0.29) is 17.0 Å². The van der Waals surface area contributed by atoms with Crippen molar-refractivity contribution in [3.63, 3.8) is 0 Å². The molecule has 102 valence electrons. The number of hydrogen-bond donors (Lipinski definition) is 1. The Labute approximate surface area is 110 Å². The predicted molar refractivity (Wildman–Crippen MR) is 67.5 cm³/mol. The molecule has 1 fully saturated rings. The zero-order chi connectivity index (χ0) is 13.8. The van der Waals surface area contributed by atoms with Crippen molar-refractivity contribution in [1.29, 1.82) is 0 Å². The Morgan fingerprint density at radius 1 is 1.47 bits per heavy atom. The first-order valence-electron chi connectivity index (χ1n) is 6.22. The lowest BCUT2D eigenvalue weighted by atomic mass is 9.83. The smallest absolute Gasteiger partial charge is 0.339 e. The molecular formula is C13H15NO5. The van der Waals surface area contributed by atoms with Gasteiger partial charge in [0.2, 0.25) is 0 Å². The summed E-state index contributed by atoms with van der Waals surface area (Å²) in [6, 6.07) is 3.55. The van der Waals surface area contributed by atoms with Crippen molar-refractivity contribution in [3.8, 4) is 5.75 Å². The van der Waals surface area contributed by atoms with Crippen molar-refractivity contribution in [3.05, 3.63) is 33.9 Å². The number of hydrogen-bond acceptors (Lipinski definition) is 4. The Bertz CT molecular complexity index is 496. The van der Waals surface area contributed by atoms with Crippen LogP contribution < -0.4 is 4.74 Å². The minimum Gasteiger partial charge on any atom is -0.492 e. The lowest BCUT2D eigenvalue weighted by Gasteiger charge is -2.25. The first-order chi connectivity index (χ1) is 9.08. The average Bonchev–Trinajstić information content (AvgIpc) is 2.31. The van der Waals surface area contributed by atoms with Gasteiger partial charge in [0.25, 0.3) is 5.69 Å². The molecule has 0 atom stereocenters. The number of carbonyl (C=O) groups is 1. The molecule has 0 aliphatic heterocycles. The van der Waals surface area contributed by atoms with Gasteiger partial charge < -0.3 is 9.84 Å². The zero-order valence-electron chi connectivity index (χ0n) is 10.4. The molecule has 0 aromatic heterocycles. The molecule has 19 heavy (non-hydrogen) atoms. The Kier molecular flexibility index (Phi) is 3.99. The fourth-order valence-corrected chi connectivity index (χ4v) is 2.04. The van der Waals surface area contributed by atoms with E-state index in [0.717, 1.165) is 6.42 Å². The summed E-state index contributed by atoms with van der Waals surface area (Å²) < 4.78 is 5.41. The van der Waals surface area contributed by atoms with Crippen LogP contribution in [0.2, 0.25) is 0 Å². The van der Waals surface area contributed by atoms with Crippen molar-refractivity contribution >= 4 is 11.7 Å². The number of rotatable bonds is 6. The summed E-state index contributed by atoms with van der Waals surface area (Å²) in [6.07, 6.45) is 4.47. The van der Waals surface area contributed by atoms with E-state index in [9.17, 15) is 14.9 Å². The number of carboxylic acids is 1. The normalized spacial score (nSPS) is 14.7. The van der Waals surface area contributed by atoms with Crippen LogP contribution in [0.3, 0.4) is 0 Å². The fourth-order valence-electron chi connectivity index (χ4n) is 2.04. The highest BCUT2D eigenvalue weighted by Crippen LogP contribution is 2.30. The Balaban J connectivity index is 2.07. The number of carboxylic acid groups (broad SMARTS) is 1. The minimum atomic E-state index is -1.14. The fraction of sp³-hybridized carbons (Fsp3) is 0.462. The summed E-state index contributed by atoms with van der Waals surface area (Å²) >= 11 is 0. The number of nitrogens with zero attached hydrogens (tertiary/aromatic N) is 1. The second kappa shape index (κ2) is 5.69. The van der Waals surface area contributed by atoms with Gasteiger partial charge >= 0.3 is 5.97 Å². The molecular weight excluding hydrogens is 250 g/mol. The van der Waals surface area contributed by atoms with E-state index in [1.54, 1.807) is 0 Å². The lowest BCUT2D eigenvalue weighted by molar-refractivity contribution is -0.384. The highest BCUT2D eigenvalue weighted by molar-refractivity contribution is 5.91. The lowest BCUT2D eigenvalue weighted by Crippen LogP contribution is -2.15. The number of benzene rings is 1. The van der Waals surface area contributed by atoms with E-state index in [4.69, 9.17) is 9.84 Å². The maximum absolute atomic E-state index is 11.0. The van der Waals surface area contributed by atoms with Crippen LogP contribution in [0.4, 0.5) is 5.69 Å². The van der Waals surface area contributed by atoms with Crippen LogP contribution in [-0.2, 0) is 0 Å². The van der Waals surface area contributed by atoms with E-state index in [0.29, 0.717) is 12.5 Å². The van der Waals surface area contributed by atoms with Gasteiger partial charge in [-0.05, 0) is 18.4 Å². The second-order valence-electron chi connectivity index (χ2n) is 4.68. The number of nitro benzene ring substituents is 1. The SMILES string of the molecule is O=C(O)c1ccc([N+](=O)[O-])cc1OCCC1CCC1. The third kappa shape index (κ3) is 3.21. The summed E-state index contributed by atoms with van der Waals surface area (Å²) in [4.78, 5) is 21.1. The van der Waals surface area contributed by atoms with E-state index in [1.807, 2.05) is 0 Å². The first kappa shape index (κ1) is 13.3. The van der Waals surface area contributed by atoms with Gasteiger partial charge in [0, 0.05) is 6.07 Å². The molecule has 6 nitrogen and oxygen atoms in total. The van der Waals surface area contributed by atoms with Gasteiger partial charge in [-0.1, -0.05) is 19.3 Å². The summed E-state index contributed by atoms with van der Waals surface area (Å²) in [5, 5.41) is 19.7. The van der Waals surface area contributed by atoms with Crippen LogP contribution in [-0.4, -0.2) is 22.6 Å². The molecule has 0 bridgehead atoms. The molecule has 1 aliphatic rings. The summed E-state index contributed by atoms with van der Waals surface area (Å²) in [5.41, 5.74) is -0.206. The molecule has 0 unspecified atom stereocenters. The van der Waals surface area contributed by atoms with Crippen LogP contribution in [0.1, 0.15) is 36.0 Å². The van der Waals surface area contributed by atoms with E-state index < -0.39 is 10.9 Å². The summed E-state index contributed by atoms with van der Waals surface area (Å²) in [5.74, 6) is -0.429. The summed E-state index contributed by atoms with van der Waals surface area (Å²) in [6.45, 7) is 0.395. The van der Waals surface area contributed by atoms with Gasteiger partial charge in [0.05, 0.1) is 17.6 Å². The van der Waals surface area contributed by atoms with Gasteiger partial charge in [-0.15, -0.1) is 0 Å². The number of non-ortho nitro benzene ring substituents is 1. The van der Waals surface area contributed by atoms with Crippen molar-refractivity contribution in [2.24, 2.45) is 5.92 Å². The minimum absolute atomic E-state index is 0.0424. The van der Waals surface area contributed by atoms with Crippen molar-refractivity contribution in [1.82, 2.24) is 0 Å². The van der Waals surface area contributed by atoms with Crippen LogP contribution in [0.5, 0.6) is 5.75 Å². The van der Waals surface area contributed by atoms with Crippen molar-refractivity contribution < 1.29 is 19.6 Å². The molecule has 0 heterocycles. The number of aromatic carboxylic acids is 1. The van der Waals surface area contributed by atoms with E-state index in [1.165, 1.54) is 37.5 Å². The van der Waals surface area contributed by atoms with Crippen LogP contribution in [0.25, 0.3) is 0 Å². The molecule has 0 radical (unpaired) electrons. The second-order valence-corrected chi connectivity index (χ2v) is 4.68. The Morgan fingerprint density at radius 3 is 2.74 bits per heavy atom. The van der Waals surface area contributed by atoms with Crippen molar-refractivity contribution in [2.45, 2.75) is 25.7 Å². The third-order valence-corrected chi connectivity index (χ3v) is 3.41. The monoisotopic (exact) mass is 265 g/mol. The van der Waals surface area contributed by atoms with E-state index >= 15 is 0 Å². The van der Waals surface area contributed by atoms with Gasteiger partial charge in [-0.3, -0.25) is 10.1 Å². The van der Waals surface area contributed by atoms with Gasteiger partial charge in [-0.25, -0.2) is 4.79 Å². The molecule has 1 aromatic rings. The largest absolute Gasteiger partial charge is 0.492 e. The van der Waals surface area contributed by atoms with E-state index in [2.05, 4.69) is 0 Å². The first-order valence-corrected chi connectivity index (χ1v) is 6.22. The predicted octanol–water partition coefficient (Wildman–Crippen LogP) is 2.86. The molecule has 1 saturated carbocycles. The maximum Gasteiger partial charge on any atom is 0.339 e. The molecule has 0 spiro atoms. The molecule has 6 heteroatoms. The van der Waals surface area contributed by atoms with Gasteiger partial charge in [-0.2, -0.15) is 0 Å². The average molecular weight is 265 g/mol. The molecule has 2 rings (SSSR count). The number of nitro groups is 1. The van der Waals surface area contributed by atoms with Crippen LogP contribution in [0.15, 0.2) is 18.2 Å². The molecule has 1 N–H and O–H groups in total. The Hall–Kier alpha value is -2.11. The topological polar surface area (TPSA) is 89.7 Å².